The fourth-order valence-electron chi connectivity index (χ4n) is 3.67. The second-order valence-electron chi connectivity index (χ2n) is 7.89. The standard InChI is InChI=1S/C20H19BrIN3O3S/c1-19(2,3)25(18(26)27)17-24-20(6-7-29-17)13-9-12(22)4-5-15(13)28-16-14(20)8-11(21)10-23-16/h4-5,8-10H,6-7H2,1-3H3,(H,26,27). The Hall–Kier alpha value is -1.33. The van der Waals surface area contributed by atoms with Gasteiger partial charge in [-0.25, -0.2) is 14.8 Å². The van der Waals surface area contributed by atoms with E-state index in [1.807, 2.05) is 39.0 Å². The highest BCUT2D eigenvalue weighted by atomic mass is 127. The number of rotatable bonds is 0. The molecule has 0 radical (unpaired) electrons. The monoisotopic (exact) mass is 587 g/mol. The summed E-state index contributed by atoms with van der Waals surface area (Å²) in [6.45, 7) is 5.62. The summed E-state index contributed by atoms with van der Waals surface area (Å²) in [5.41, 5.74) is 0.418. The molecule has 9 heteroatoms. The number of ether oxygens (including phenoxy) is 1. The summed E-state index contributed by atoms with van der Waals surface area (Å²) in [6, 6.07) is 7.96. The third-order valence-corrected chi connectivity index (χ3v) is 6.94. The lowest BCUT2D eigenvalue weighted by Crippen LogP contribution is -2.50. The van der Waals surface area contributed by atoms with Crippen molar-refractivity contribution in [2.75, 3.05) is 5.75 Å². The van der Waals surface area contributed by atoms with Crippen LogP contribution in [0, 0.1) is 3.57 Å². The number of hydrogen-bond acceptors (Lipinski definition) is 5. The van der Waals surface area contributed by atoms with Crippen molar-refractivity contribution in [1.82, 2.24) is 9.88 Å². The first-order chi connectivity index (χ1) is 13.6. The van der Waals surface area contributed by atoms with Gasteiger partial charge >= 0.3 is 6.09 Å². The summed E-state index contributed by atoms with van der Waals surface area (Å²) in [7, 11) is 0. The smallest absolute Gasteiger partial charge is 0.413 e. The first-order valence-electron chi connectivity index (χ1n) is 9.01. The van der Waals surface area contributed by atoms with E-state index in [4.69, 9.17) is 9.73 Å². The lowest BCUT2D eigenvalue weighted by molar-refractivity contribution is 0.141. The van der Waals surface area contributed by atoms with Crippen LogP contribution in [0.25, 0.3) is 0 Å². The summed E-state index contributed by atoms with van der Waals surface area (Å²) >= 11 is 7.26. The topological polar surface area (TPSA) is 75.0 Å². The van der Waals surface area contributed by atoms with E-state index in [1.54, 1.807) is 6.20 Å². The Morgan fingerprint density at radius 2 is 2.10 bits per heavy atom. The Morgan fingerprint density at radius 1 is 1.34 bits per heavy atom. The average molecular weight is 588 g/mol. The SMILES string of the molecule is CC(C)(C)N(C(=O)O)C1=NC2(CCS1)c1cc(I)ccc1Oc1ncc(Br)cc12. The van der Waals surface area contributed by atoms with Gasteiger partial charge in [0.15, 0.2) is 5.17 Å². The molecule has 0 saturated heterocycles. The number of hydrogen-bond donors (Lipinski definition) is 1. The maximum atomic E-state index is 12.1. The van der Waals surface area contributed by atoms with E-state index < -0.39 is 17.2 Å². The number of amidine groups is 1. The van der Waals surface area contributed by atoms with Gasteiger partial charge in [0.25, 0.3) is 0 Å². The van der Waals surface area contributed by atoms with Gasteiger partial charge in [-0.2, -0.15) is 0 Å². The zero-order valence-electron chi connectivity index (χ0n) is 16.1. The number of aromatic nitrogens is 1. The minimum atomic E-state index is -1.01. The Kier molecular flexibility index (Phi) is 5.35. The highest BCUT2D eigenvalue weighted by molar-refractivity contribution is 14.1. The molecule has 2 aliphatic heterocycles. The lowest BCUT2D eigenvalue weighted by Gasteiger charge is -2.42. The molecule has 152 valence electrons. The van der Waals surface area contributed by atoms with Crippen LogP contribution in [0.4, 0.5) is 4.79 Å². The van der Waals surface area contributed by atoms with Crippen LogP contribution in [0.1, 0.15) is 38.3 Å². The molecular formula is C20H19BrIN3O3S. The molecule has 0 aliphatic carbocycles. The maximum absolute atomic E-state index is 12.1. The molecule has 29 heavy (non-hydrogen) atoms. The molecule has 3 heterocycles. The quantitative estimate of drug-likeness (QED) is 0.379. The third-order valence-electron chi connectivity index (χ3n) is 4.89. The molecule has 6 nitrogen and oxygen atoms in total. The van der Waals surface area contributed by atoms with Crippen LogP contribution in [-0.2, 0) is 5.54 Å². The third kappa shape index (κ3) is 3.65. The van der Waals surface area contributed by atoms with Crippen LogP contribution >= 0.6 is 50.3 Å². The molecule has 1 unspecified atom stereocenters. The van der Waals surface area contributed by atoms with Gasteiger partial charge in [-0.1, -0.05) is 11.8 Å². The zero-order valence-corrected chi connectivity index (χ0v) is 20.6. The predicted molar refractivity (Wildman–Crippen MR) is 126 cm³/mol. The number of amides is 1. The number of pyridine rings is 1. The van der Waals surface area contributed by atoms with Crippen LogP contribution in [0.3, 0.4) is 0 Å². The van der Waals surface area contributed by atoms with Crippen LogP contribution in [0.5, 0.6) is 11.6 Å². The van der Waals surface area contributed by atoms with Crippen molar-refractivity contribution in [1.29, 1.82) is 0 Å². The van der Waals surface area contributed by atoms with Crippen molar-refractivity contribution in [2.24, 2.45) is 4.99 Å². The molecule has 1 atom stereocenters. The molecule has 1 N–H and O–H groups in total. The van der Waals surface area contributed by atoms with Crippen LogP contribution in [-0.4, -0.2) is 37.5 Å². The van der Waals surface area contributed by atoms with Gasteiger partial charge < -0.3 is 9.84 Å². The number of aliphatic imine (C=N–C) groups is 1. The zero-order chi connectivity index (χ0) is 21.0. The maximum Gasteiger partial charge on any atom is 0.413 e. The van der Waals surface area contributed by atoms with Gasteiger partial charge in [-0.15, -0.1) is 0 Å². The van der Waals surface area contributed by atoms with Gasteiger partial charge in [-0.05, 0) is 90.0 Å². The van der Waals surface area contributed by atoms with E-state index in [0.717, 1.165) is 31.3 Å². The highest BCUT2D eigenvalue weighted by Gasteiger charge is 2.47. The Balaban J connectivity index is 2.00. The van der Waals surface area contributed by atoms with Gasteiger partial charge in [-0.3, -0.25) is 4.90 Å². The minimum Gasteiger partial charge on any atom is -0.465 e. The molecule has 1 amide bonds. The molecule has 0 saturated carbocycles. The molecule has 4 rings (SSSR count). The summed E-state index contributed by atoms with van der Waals surface area (Å²) < 4.78 is 7.98. The number of carboxylic acid groups (broad SMARTS) is 1. The number of carbonyl (C=O) groups is 1. The fourth-order valence-corrected chi connectivity index (χ4v) is 5.77. The molecule has 1 aromatic heterocycles. The van der Waals surface area contributed by atoms with Gasteiger partial charge in [0.05, 0.1) is 0 Å². The Bertz CT molecular complexity index is 987. The van der Waals surface area contributed by atoms with Gasteiger partial charge in [0.2, 0.25) is 5.88 Å². The molecule has 0 fully saturated rings. The van der Waals surface area contributed by atoms with E-state index in [2.05, 4.69) is 49.6 Å². The molecule has 2 aliphatic rings. The van der Waals surface area contributed by atoms with Crippen molar-refractivity contribution >= 4 is 61.5 Å². The summed E-state index contributed by atoms with van der Waals surface area (Å²) in [4.78, 5) is 23.0. The molecular weight excluding hydrogens is 569 g/mol. The number of halogens is 2. The van der Waals surface area contributed by atoms with Crippen molar-refractivity contribution in [3.8, 4) is 11.6 Å². The van der Waals surface area contributed by atoms with Crippen molar-refractivity contribution < 1.29 is 14.6 Å². The lowest BCUT2D eigenvalue weighted by atomic mass is 9.79. The van der Waals surface area contributed by atoms with Crippen LogP contribution in [0.2, 0.25) is 0 Å². The Labute approximate surface area is 195 Å². The average Bonchev–Trinajstić information content (AvgIpc) is 2.62. The summed E-state index contributed by atoms with van der Waals surface area (Å²) in [5, 5.41) is 10.4. The van der Waals surface area contributed by atoms with E-state index in [0.29, 0.717) is 16.8 Å². The summed E-state index contributed by atoms with van der Waals surface area (Å²) in [6.07, 6.45) is 1.41. The predicted octanol–water partition coefficient (Wildman–Crippen LogP) is 6.07. The van der Waals surface area contributed by atoms with Crippen molar-refractivity contribution in [3.63, 3.8) is 0 Å². The summed E-state index contributed by atoms with van der Waals surface area (Å²) in [5.74, 6) is 1.95. The second kappa shape index (κ2) is 7.42. The number of thioether (sulfide) groups is 1. The number of nitrogens with zero attached hydrogens (tertiary/aromatic N) is 3. The van der Waals surface area contributed by atoms with E-state index >= 15 is 0 Å². The van der Waals surface area contributed by atoms with E-state index in [-0.39, 0.29) is 0 Å². The molecule has 2 aromatic rings. The molecule has 1 spiro atoms. The van der Waals surface area contributed by atoms with Crippen molar-refractivity contribution in [2.45, 2.75) is 38.3 Å². The number of fused-ring (bicyclic) bond motifs is 4. The number of benzene rings is 1. The first-order valence-corrected chi connectivity index (χ1v) is 11.9. The van der Waals surface area contributed by atoms with Gasteiger partial charge in [0, 0.05) is 36.7 Å². The van der Waals surface area contributed by atoms with Gasteiger partial charge in [0.1, 0.15) is 11.3 Å². The highest BCUT2D eigenvalue weighted by Crippen LogP contribution is 2.53. The Morgan fingerprint density at radius 3 is 2.79 bits per heavy atom. The normalized spacial score (nSPS) is 20.4. The van der Waals surface area contributed by atoms with E-state index in [1.165, 1.54) is 16.7 Å². The fraction of sp³-hybridized carbons (Fsp3) is 0.350. The molecule has 1 aromatic carbocycles. The van der Waals surface area contributed by atoms with Crippen molar-refractivity contribution in [3.05, 3.63) is 49.6 Å². The second-order valence-corrected chi connectivity index (χ2v) is 11.1. The van der Waals surface area contributed by atoms with E-state index in [9.17, 15) is 9.90 Å². The molecule has 0 bridgehead atoms. The van der Waals surface area contributed by atoms with Crippen LogP contribution < -0.4 is 4.74 Å². The largest absolute Gasteiger partial charge is 0.465 e. The minimum absolute atomic E-state index is 0.494. The first kappa shape index (κ1) is 20.9. The van der Waals surface area contributed by atoms with Crippen LogP contribution in [0.15, 0.2) is 39.9 Å².